The lowest BCUT2D eigenvalue weighted by molar-refractivity contribution is -0.117. The second-order valence-corrected chi connectivity index (χ2v) is 7.50. The summed E-state index contributed by atoms with van der Waals surface area (Å²) in [5.74, 6) is 0.874. The average Bonchev–Trinajstić information content (AvgIpc) is 3.39. The minimum Gasteiger partial charge on any atom is -0.371 e. The Hall–Kier alpha value is -3.28. The highest BCUT2D eigenvalue weighted by Gasteiger charge is 2.22. The number of nitrogens with one attached hydrogen (secondary N) is 2. The maximum absolute atomic E-state index is 13.0. The zero-order valence-corrected chi connectivity index (χ0v) is 16.8. The summed E-state index contributed by atoms with van der Waals surface area (Å²) in [6.45, 7) is 6.13. The van der Waals surface area contributed by atoms with Gasteiger partial charge in [0.05, 0.1) is 0 Å². The van der Waals surface area contributed by atoms with Crippen molar-refractivity contribution in [1.29, 1.82) is 0 Å². The van der Waals surface area contributed by atoms with Gasteiger partial charge in [-0.05, 0) is 56.0 Å². The highest BCUT2D eigenvalue weighted by molar-refractivity contribution is 5.96. The van der Waals surface area contributed by atoms with Crippen LogP contribution in [0.3, 0.4) is 0 Å². The van der Waals surface area contributed by atoms with Crippen LogP contribution in [0.15, 0.2) is 59.1 Å². The van der Waals surface area contributed by atoms with Gasteiger partial charge in [0.2, 0.25) is 0 Å². The summed E-state index contributed by atoms with van der Waals surface area (Å²) in [6.07, 6.45) is 2.49. The summed E-state index contributed by atoms with van der Waals surface area (Å²) in [4.78, 5) is 15.4. The van der Waals surface area contributed by atoms with E-state index in [-0.39, 0.29) is 5.91 Å². The number of hydrogen-bond acceptors (Lipinski definition) is 5. The smallest absolute Gasteiger partial charge is 0.252 e. The van der Waals surface area contributed by atoms with E-state index < -0.39 is 6.04 Å². The van der Waals surface area contributed by atoms with Crippen molar-refractivity contribution in [2.45, 2.75) is 32.7 Å². The third-order valence-corrected chi connectivity index (χ3v) is 5.23. The molecule has 3 aromatic rings. The van der Waals surface area contributed by atoms with Crippen LogP contribution in [-0.2, 0) is 4.79 Å². The van der Waals surface area contributed by atoms with Gasteiger partial charge in [0.25, 0.3) is 5.91 Å². The number of carbonyl (C=O) groups is 1. The van der Waals surface area contributed by atoms with Gasteiger partial charge < -0.3 is 20.1 Å². The van der Waals surface area contributed by atoms with Crippen LogP contribution in [0.1, 0.15) is 35.8 Å². The highest BCUT2D eigenvalue weighted by Crippen LogP contribution is 2.29. The summed E-state index contributed by atoms with van der Waals surface area (Å²) in [6, 6.07) is 17.1. The van der Waals surface area contributed by atoms with Crippen molar-refractivity contribution < 1.29 is 9.32 Å². The summed E-state index contributed by atoms with van der Waals surface area (Å²) in [7, 11) is 0. The van der Waals surface area contributed by atoms with Crippen LogP contribution >= 0.6 is 0 Å². The first kappa shape index (κ1) is 19.1. The zero-order chi connectivity index (χ0) is 20.2. The molecule has 2 heterocycles. The molecule has 0 spiro atoms. The van der Waals surface area contributed by atoms with Crippen LogP contribution in [0.5, 0.6) is 0 Å². The number of carbonyl (C=O) groups excluding carboxylic acids is 1. The van der Waals surface area contributed by atoms with Gasteiger partial charge in [0.1, 0.15) is 11.8 Å². The molecule has 0 aliphatic carbocycles. The summed E-state index contributed by atoms with van der Waals surface area (Å²) >= 11 is 0. The first-order valence-electron chi connectivity index (χ1n) is 10.0. The van der Waals surface area contributed by atoms with Crippen molar-refractivity contribution in [3.8, 4) is 0 Å². The van der Waals surface area contributed by atoms with Gasteiger partial charge in [0, 0.05) is 30.5 Å². The lowest BCUT2D eigenvalue weighted by Gasteiger charge is -2.23. The Kier molecular flexibility index (Phi) is 5.51. The Bertz CT molecular complexity index is 978. The maximum atomic E-state index is 13.0. The molecule has 2 N–H and O–H groups in total. The number of rotatable bonds is 6. The van der Waals surface area contributed by atoms with E-state index in [2.05, 4.69) is 39.7 Å². The van der Waals surface area contributed by atoms with Crippen LogP contribution in [-0.4, -0.2) is 24.2 Å². The molecule has 1 aliphatic rings. The van der Waals surface area contributed by atoms with Crippen molar-refractivity contribution in [3.63, 3.8) is 0 Å². The van der Waals surface area contributed by atoms with Crippen molar-refractivity contribution in [3.05, 3.63) is 71.5 Å². The molecule has 4 rings (SSSR count). The van der Waals surface area contributed by atoms with Crippen LogP contribution < -0.4 is 15.5 Å². The molecule has 1 aromatic heterocycles. The molecule has 6 nitrogen and oxygen atoms in total. The highest BCUT2D eigenvalue weighted by atomic mass is 16.5. The fourth-order valence-corrected chi connectivity index (χ4v) is 3.79. The Morgan fingerprint density at radius 2 is 1.83 bits per heavy atom. The Morgan fingerprint density at radius 3 is 2.48 bits per heavy atom. The Balaban J connectivity index is 1.56. The number of anilines is 3. The van der Waals surface area contributed by atoms with Crippen molar-refractivity contribution in [2.75, 3.05) is 28.6 Å². The van der Waals surface area contributed by atoms with E-state index in [1.165, 1.54) is 24.1 Å². The number of amides is 1. The second-order valence-electron chi connectivity index (χ2n) is 7.50. The van der Waals surface area contributed by atoms with Crippen LogP contribution in [0, 0.1) is 13.8 Å². The molecular weight excluding hydrogens is 364 g/mol. The molecule has 2 aromatic carbocycles. The molecule has 1 fully saturated rings. The van der Waals surface area contributed by atoms with E-state index in [0.717, 1.165) is 24.3 Å². The average molecular weight is 390 g/mol. The standard InChI is InChI=1S/C23H26N4O2/c1-16-14-19(10-11-20(16)27-12-6-7-13-27)24-22(18-8-4-3-5-9-18)23(28)25-21-15-17(2)29-26-21/h3-5,8-11,14-15,22,24H,6-7,12-13H2,1-2H3,(H,25,26,28). The van der Waals surface area contributed by atoms with E-state index in [0.29, 0.717) is 11.6 Å². The Morgan fingerprint density at radius 1 is 1.07 bits per heavy atom. The van der Waals surface area contributed by atoms with Gasteiger partial charge in [-0.2, -0.15) is 0 Å². The van der Waals surface area contributed by atoms with Gasteiger partial charge in [-0.15, -0.1) is 0 Å². The monoisotopic (exact) mass is 390 g/mol. The summed E-state index contributed by atoms with van der Waals surface area (Å²) in [5.41, 5.74) is 4.26. The molecule has 0 bridgehead atoms. The molecule has 1 unspecified atom stereocenters. The van der Waals surface area contributed by atoms with E-state index in [9.17, 15) is 4.79 Å². The molecule has 1 atom stereocenters. The van der Waals surface area contributed by atoms with E-state index in [4.69, 9.17) is 4.52 Å². The largest absolute Gasteiger partial charge is 0.371 e. The van der Waals surface area contributed by atoms with E-state index >= 15 is 0 Å². The van der Waals surface area contributed by atoms with E-state index in [1.807, 2.05) is 36.4 Å². The van der Waals surface area contributed by atoms with Crippen molar-refractivity contribution in [1.82, 2.24) is 5.16 Å². The number of hydrogen-bond donors (Lipinski definition) is 2. The minimum atomic E-state index is -0.551. The lowest BCUT2D eigenvalue weighted by Crippen LogP contribution is -2.27. The van der Waals surface area contributed by atoms with Gasteiger partial charge in [-0.3, -0.25) is 4.79 Å². The summed E-state index contributed by atoms with van der Waals surface area (Å²) in [5, 5.41) is 10.1. The summed E-state index contributed by atoms with van der Waals surface area (Å²) < 4.78 is 5.06. The number of benzene rings is 2. The van der Waals surface area contributed by atoms with Crippen molar-refractivity contribution >= 4 is 23.1 Å². The van der Waals surface area contributed by atoms with Gasteiger partial charge >= 0.3 is 0 Å². The molecule has 150 valence electrons. The Labute approximate surface area is 170 Å². The second kappa shape index (κ2) is 8.39. The quantitative estimate of drug-likeness (QED) is 0.639. The molecule has 1 saturated heterocycles. The molecule has 1 aliphatic heterocycles. The van der Waals surface area contributed by atoms with Crippen LogP contribution in [0.25, 0.3) is 0 Å². The molecular formula is C23H26N4O2. The lowest BCUT2D eigenvalue weighted by atomic mass is 10.0. The topological polar surface area (TPSA) is 70.4 Å². The molecule has 0 saturated carbocycles. The first-order chi connectivity index (χ1) is 14.1. The molecule has 0 radical (unpaired) electrons. The van der Waals surface area contributed by atoms with Gasteiger partial charge in [0.15, 0.2) is 5.82 Å². The zero-order valence-electron chi connectivity index (χ0n) is 16.8. The third kappa shape index (κ3) is 4.42. The normalized spacial score (nSPS) is 14.6. The van der Waals surface area contributed by atoms with Crippen molar-refractivity contribution in [2.24, 2.45) is 0 Å². The molecule has 1 amide bonds. The van der Waals surface area contributed by atoms with Gasteiger partial charge in [-0.1, -0.05) is 35.5 Å². The molecule has 29 heavy (non-hydrogen) atoms. The van der Waals surface area contributed by atoms with Gasteiger partial charge in [-0.25, -0.2) is 0 Å². The van der Waals surface area contributed by atoms with Crippen LogP contribution in [0.4, 0.5) is 17.2 Å². The predicted octanol–water partition coefficient (Wildman–Crippen LogP) is 4.68. The SMILES string of the molecule is Cc1cc(NC(=O)C(Nc2ccc(N3CCCC3)c(C)c2)c2ccccc2)no1. The maximum Gasteiger partial charge on any atom is 0.252 e. The van der Waals surface area contributed by atoms with E-state index in [1.54, 1.807) is 13.0 Å². The fourth-order valence-electron chi connectivity index (χ4n) is 3.79. The number of aryl methyl sites for hydroxylation is 2. The third-order valence-electron chi connectivity index (χ3n) is 5.23. The predicted molar refractivity (Wildman–Crippen MR) is 115 cm³/mol. The number of nitrogens with zero attached hydrogens (tertiary/aromatic N) is 2. The fraction of sp³-hybridized carbons (Fsp3) is 0.304. The first-order valence-corrected chi connectivity index (χ1v) is 10.0. The number of aromatic nitrogens is 1. The van der Waals surface area contributed by atoms with Crippen LogP contribution in [0.2, 0.25) is 0 Å². The minimum absolute atomic E-state index is 0.189. The molecule has 6 heteroatoms.